The van der Waals surface area contributed by atoms with E-state index in [0.717, 1.165) is 13.2 Å². The SMILES string of the molecule is COc1cc(Cl)c(C(=O)NC(=N)N)cc1C(F)(F)F.Cl. The Morgan fingerprint density at radius 2 is 2.00 bits per heavy atom. The zero-order valence-corrected chi connectivity index (χ0v) is 11.5. The minimum Gasteiger partial charge on any atom is -0.496 e. The molecule has 5 nitrogen and oxygen atoms in total. The number of carbonyl (C=O) groups excluding carboxylic acids is 1. The van der Waals surface area contributed by atoms with Gasteiger partial charge in [0.2, 0.25) is 0 Å². The van der Waals surface area contributed by atoms with Gasteiger partial charge in [0.1, 0.15) is 5.75 Å². The third kappa shape index (κ3) is 4.17. The second-order valence-electron chi connectivity index (χ2n) is 3.40. The molecule has 1 aromatic carbocycles. The Morgan fingerprint density at radius 3 is 2.40 bits per heavy atom. The molecule has 0 fully saturated rings. The van der Waals surface area contributed by atoms with Crippen molar-refractivity contribution in [3.05, 3.63) is 28.3 Å². The molecular weight excluding hydrogens is 322 g/mol. The molecule has 112 valence electrons. The van der Waals surface area contributed by atoms with Crippen LogP contribution in [-0.2, 0) is 6.18 Å². The third-order valence-electron chi connectivity index (χ3n) is 2.09. The lowest BCUT2D eigenvalue weighted by atomic mass is 10.1. The molecule has 1 rings (SSSR count). The fourth-order valence-electron chi connectivity index (χ4n) is 1.31. The number of carbonyl (C=O) groups is 1. The lowest BCUT2D eigenvalue weighted by molar-refractivity contribution is -0.138. The van der Waals surface area contributed by atoms with E-state index in [-0.39, 0.29) is 17.4 Å². The number of hydrogen-bond acceptors (Lipinski definition) is 3. The van der Waals surface area contributed by atoms with Gasteiger partial charge >= 0.3 is 6.18 Å². The van der Waals surface area contributed by atoms with Crippen molar-refractivity contribution in [3.63, 3.8) is 0 Å². The first-order chi connectivity index (χ1) is 8.66. The van der Waals surface area contributed by atoms with Crippen LogP contribution >= 0.6 is 24.0 Å². The van der Waals surface area contributed by atoms with E-state index in [1.807, 2.05) is 5.32 Å². The summed E-state index contributed by atoms with van der Waals surface area (Å²) in [7, 11) is 1.05. The Balaban J connectivity index is 0.00000361. The molecule has 0 atom stereocenters. The summed E-state index contributed by atoms with van der Waals surface area (Å²) in [6.45, 7) is 0. The molecule has 0 bridgehead atoms. The molecule has 0 radical (unpaired) electrons. The zero-order valence-electron chi connectivity index (χ0n) is 9.97. The fourth-order valence-corrected chi connectivity index (χ4v) is 1.55. The van der Waals surface area contributed by atoms with E-state index in [4.69, 9.17) is 22.7 Å². The van der Waals surface area contributed by atoms with Crippen molar-refractivity contribution in [2.75, 3.05) is 7.11 Å². The van der Waals surface area contributed by atoms with Crippen molar-refractivity contribution in [1.29, 1.82) is 5.41 Å². The Kier molecular flexibility index (Phi) is 6.11. The summed E-state index contributed by atoms with van der Waals surface area (Å²) < 4.78 is 42.8. The topological polar surface area (TPSA) is 88.2 Å². The van der Waals surface area contributed by atoms with E-state index in [1.165, 1.54) is 0 Å². The number of hydrogen-bond donors (Lipinski definition) is 3. The molecule has 10 heteroatoms. The minimum atomic E-state index is -4.71. The van der Waals surface area contributed by atoms with E-state index in [2.05, 4.69) is 4.74 Å². The maximum Gasteiger partial charge on any atom is 0.419 e. The lowest BCUT2D eigenvalue weighted by Crippen LogP contribution is -2.36. The molecule has 1 aromatic rings. The zero-order chi connectivity index (χ0) is 14.8. The Hall–Kier alpha value is -1.67. The minimum absolute atomic E-state index is 0. The van der Waals surface area contributed by atoms with Crippen LogP contribution < -0.4 is 15.8 Å². The summed E-state index contributed by atoms with van der Waals surface area (Å²) in [6.07, 6.45) is -4.71. The van der Waals surface area contributed by atoms with Gasteiger partial charge in [0, 0.05) is 6.07 Å². The molecule has 0 unspecified atom stereocenters. The summed E-state index contributed by atoms with van der Waals surface area (Å²) in [5, 5.41) is 8.45. The average molecular weight is 332 g/mol. The Morgan fingerprint density at radius 1 is 1.45 bits per heavy atom. The van der Waals surface area contributed by atoms with Crippen LogP contribution in [0.5, 0.6) is 5.75 Å². The first-order valence-electron chi connectivity index (χ1n) is 4.77. The van der Waals surface area contributed by atoms with Gasteiger partial charge < -0.3 is 10.5 Å². The Bertz CT molecular complexity index is 535. The number of nitrogens with one attached hydrogen (secondary N) is 2. The van der Waals surface area contributed by atoms with Crippen LogP contribution in [-0.4, -0.2) is 19.0 Å². The van der Waals surface area contributed by atoms with E-state index in [0.29, 0.717) is 6.07 Å². The maximum atomic E-state index is 12.8. The smallest absolute Gasteiger partial charge is 0.419 e. The number of alkyl halides is 3. The van der Waals surface area contributed by atoms with E-state index < -0.39 is 34.9 Å². The van der Waals surface area contributed by atoms with Crippen LogP contribution in [0.25, 0.3) is 0 Å². The highest BCUT2D eigenvalue weighted by atomic mass is 35.5. The number of nitrogens with two attached hydrogens (primary N) is 1. The molecule has 0 saturated heterocycles. The molecule has 4 N–H and O–H groups in total. The monoisotopic (exact) mass is 331 g/mol. The molecule has 0 aliphatic carbocycles. The lowest BCUT2D eigenvalue weighted by Gasteiger charge is -2.14. The molecule has 20 heavy (non-hydrogen) atoms. The van der Waals surface area contributed by atoms with E-state index in [1.54, 1.807) is 0 Å². The van der Waals surface area contributed by atoms with Gasteiger partial charge in [0.25, 0.3) is 5.91 Å². The van der Waals surface area contributed by atoms with Crippen LogP contribution in [0.2, 0.25) is 5.02 Å². The van der Waals surface area contributed by atoms with Gasteiger partial charge in [-0.3, -0.25) is 15.5 Å². The van der Waals surface area contributed by atoms with Gasteiger partial charge in [-0.05, 0) is 6.07 Å². The number of benzene rings is 1. The van der Waals surface area contributed by atoms with Crippen LogP contribution in [0, 0.1) is 5.41 Å². The van der Waals surface area contributed by atoms with Crippen LogP contribution in [0.4, 0.5) is 13.2 Å². The second kappa shape index (κ2) is 6.67. The fraction of sp³-hybridized carbons (Fsp3) is 0.200. The molecule has 0 spiro atoms. The first kappa shape index (κ1) is 18.3. The number of rotatable bonds is 2. The summed E-state index contributed by atoms with van der Waals surface area (Å²) in [6, 6.07) is 1.42. The van der Waals surface area contributed by atoms with E-state index >= 15 is 0 Å². The van der Waals surface area contributed by atoms with Crippen molar-refractivity contribution in [2.24, 2.45) is 5.73 Å². The van der Waals surface area contributed by atoms with Gasteiger partial charge in [-0.1, -0.05) is 11.6 Å². The first-order valence-corrected chi connectivity index (χ1v) is 5.14. The molecule has 1 amide bonds. The van der Waals surface area contributed by atoms with Crippen LogP contribution in [0.15, 0.2) is 12.1 Å². The highest BCUT2D eigenvalue weighted by molar-refractivity contribution is 6.34. The summed E-state index contributed by atoms with van der Waals surface area (Å²) in [5.41, 5.74) is 3.32. The van der Waals surface area contributed by atoms with Gasteiger partial charge in [-0.25, -0.2) is 0 Å². The summed E-state index contributed by atoms with van der Waals surface area (Å²) >= 11 is 5.69. The normalized spacial score (nSPS) is 10.4. The number of ether oxygens (including phenoxy) is 1. The predicted molar refractivity (Wildman–Crippen MR) is 69.6 cm³/mol. The van der Waals surface area contributed by atoms with Crippen molar-refractivity contribution >= 4 is 35.9 Å². The standard InChI is InChI=1S/C10H9ClF3N3O2.ClH/c1-19-7-3-6(11)4(8(18)17-9(15)16)2-5(7)10(12,13)14;/h2-3H,1H3,(H4,15,16,17,18);1H. The highest BCUT2D eigenvalue weighted by Crippen LogP contribution is 2.39. The Labute approximate surface area is 123 Å². The molecule has 0 aliphatic heterocycles. The van der Waals surface area contributed by atoms with Crippen molar-refractivity contribution < 1.29 is 22.7 Å². The number of methoxy groups -OCH3 is 1. The van der Waals surface area contributed by atoms with Crippen molar-refractivity contribution in [1.82, 2.24) is 5.32 Å². The third-order valence-corrected chi connectivity index (χ3v) is 2.40. The molecule has 0 saturated carbocycles. The predicted octanol–water partition coefficient (Wildman–Crippen LogP) is 2.41. The average Bonchev–Trinajstić information content (AvgIpc) is 2.25. The van der Waals surface area contributed by atoms with Crippen LogP contribution in [0.1, 0.15) is 15.9 Å². The number of halogens is 5. The van der Waals surface area contributed by atoms with Gasteiger partial charge in [-0.15, -0.1) is 12.4 Å². The maximum absolute atomic E-state index is 12.8. The molecule has 0 aromatic heterocycles. The number of guanidine groups is 1. The summed E-state index contributed by atoms with van der Waals surface area (Å²) in [4.78, 5) is 11.5. The highest BCUT2D eigenvalue weighted by Gasteiger charge is 2.35. The van der Waals surface area contributed by atoms with Gasteiger partial charge in [0.15, 0.2) is 5.96 Å². The second-order valence-corrected chi connectivity index (χ2v) is 3.81. The molecule has 0 heterocycles. The van der Waals surface area contributed by atoms with Gasteiger partial charge in [0.05, 0.1) is 23.3 Å². The van der Waals surface area contributed by atoms with Gasteiger partial charge in [-0.2, -0.15) is 13.2 Å². The number of amides is 1. The summed E-state index contributed by atoms with van der Waals surface area (Å²) in [5.74, 6) is -2.21. The molecular formula is C10H10Cl2F3N3O2. The largest absolute Gasteiger partial charge is 0.496 e. The van der Waals surface area contributed by atoms with E-state index in [9.17, 15) is 18.0 Å². The molecule has 0 aliphatic rings. The van der Waals surface area contributed by atoms with Crippen molar-refractivity contribution in [3.8, 4) is 5.75 Å². The van der Waals surface area contributed by atoms with Crippen molar-refractivity contribution in [2.45, 2.75) is 6.18 Å². The quantitative estimate of drug-likeness (QED) is 0.574. The van der Waals surface area contributed by atoms with Crippen LogP contribution in [0.3, 0.4) is 0 Å².